The summed E-state index contributed by atoms with van der Waals surface area (Å²) in [4.78, 5) is 13.1. The van der Waals surface area contributed by atoms with E-state index in [4.69, 9.17) is 0 Å². The largest absolute Gasteiger partial charge is 0.288 e. The predicted octanol–water partition coefficient (Wildman–Crippen LogP) is 4.58. The normalized spacial score (nSPS) is 10.8. The molecule has 0 N–H and O–H groups in total. The van der Waals surface area contributed by atoms with Crippen molar-refractivity contribution in [3.8, 4) is 0 Å². The number of aryl methyl sites for hydroxylation is 1. The molecule has 0 atom stereocenters. The van der Waals surface area contributed by atoms with E-state index in [0.29, 0.717) is 16.0 Å². The van der Waals surface area contributed by atoms with E-state index in [9.17, 15) is 9.18 Å². The minimum atomic E-state index is -0.314. The first-order chi connectivity index (χ1) is 9.15. The first-order valence-corrected chi connectivity index (χ1v) is 6.76. The fraction of sp³-hybridized carbons (Fsp3) is 0.0625. The first kappa shape index (κ1) is 12.1. The van der Waals surface area contributed by atoms with Crippen molar-refractivity contribution in [1.29, 1.82) is 0 Å². The lowest BCUT2D eigenvalue weighted by atomic mass is 10.0. The minimum Gasteiger partial charge on any atom is -0.288 e. The molecule has 94 valence electrons. The average Bonchev–Trinajstić information content (AvgIpc) is 2.81. The number of carbonyl (C=O) groups excluding carboxylic acids is 1. The van der Waals surface area contributed by atoms with E-state index in [1.54, 1.807) is 13.0 Å². The quantitative estimate of drug-likeness (QED) is 0.623. The Morgan fingerprint density at radius 3 is 2.63 bits per heavy atom. The third kappa shape index (κ3) is 2.17. The number of fused-ring (bicyclic) bond motifs is 1. The van der Waals surface area contributed by atoms with Crippen molar-refractivity contribution in [3.63, 3.8) is 0 Å². The Morgan fingerprint density at radius 1 is 1.11 bits per heavy atom. The van der Waals surface area contributed by atoms with Crippen molar-refractivity contribution >= 4 is 27.2 Å². The van der Waals surface area contributed by atoms with E-state index in [0.717, 1.165) is 10.1 Å². The van der Waals surface area contributed by atoms with Crippen molar-refractivity contribution in [2.45, 2.75) is 6.92 Å². The Bertz CT molecular complexity index is 740. The summed E-state index contributed by atoms with van der Waals surface area (Å²) in [6.07, 6.45) is 0. The molecule has 0 fully saturated rings. The fourth-order valence-electron chi connectivity index (χ4n) is 2.11. The molecule has 0 aliphatic carbocycles. The molecule has 0 saturated heterocycles. The number of halogens is 1. The lowest BCUT2D eigenvalue weighted by Crippen LogP contribution is -2.01. The maximum atomic E-state index is 13.1. The third-order valence-corrected chi connectivity index (χ3v) is 4.20. The molecule has 0 radical (unpaired) electrons. The summed E-state index contributed by atoms with van der Waals surface area (Å²) in [6, 6.07) is 14.0. The number of ketones is 1. The molecule has 0 unspecified atom stereocenters. The minimum absolute atomic E-state index is 0.0429. The van der Waals surface area contributed by atoms with Crippen LogP contribution < -0.4 is 0 Å². The molecule has 0 amide bonds. The lowest BCUT2D eigenvalue weighted by Gasteiger charge is -2.02. The van der Waals surface area contributed by atoms with E-state index in [1.807, 2.05) is 30.3 Å². The predicted molar refractivity (Wildman–Crippen MR) is 76.4 cm³/mol. The van der Waals surface area contributed by atoms with Gasteiger partial charge in [0.2, 0.25) is 5.78 Å². The standard InChI is InChI=1S/C16H11FOS/c1-10-8-12(17)6-7-13(10)16(18)15-9-11-4-2-3-5-14(11)19-15/h2-9H,1H3. The topological polar surface area (TPSA) is 17.1 Å². The van der Waals surface area contributed by atoms with Gasteiger partial charge in [0.15, 0.2) is 0 Å². The van der Waals surface area contributed by atoms with Crippen LogP contribution >= 0.6 is 11.3 Å². The smallest absolute Gasteiger partial charge is 0.203 e. The van der Waals surface area contributed by atoms with E-state index in [1.165, 1.54) is 23.5 Å². The number of benzene rings is 2. The van der Waals surface area contributed by atoms with Crippen LogP contribution in [0.3, 0.4) is 0 Å². The van der Waals surface area contributed by atoms with E-state index in [2.05, 4.69) is 0 Å². The summed E-state index contributed by atoms with van der Waals surface area (Å²) < 4.78 is 14.2. The Kier molecular flexibility index (Phi) is 2.91. The molecule has 19 heavy (non-hydrogen) atoms. The highest BCUT2D eigenvalue weighted by molar-refractivity contribution is 7.21. The lowest BCUT2D eigenvalue weighted by molar-refractivity contribution is 0.104. The highest BCUT2D eigenvalue weighted by Crippen LogP contribution is 2.28. The van der Waals surface area contributed by atoms with Crippen molar-refractivity contribution < 1.29 is 9.18 Å². The second-order valence-corrected chi connectivity index (χ2v) is 5.52. The van der Waals surface area contributed by atoms with Crippen LogP contribution in [-0.4, -0.2) is 5.78 Å². The number of thiophene rings is 1. The van der Waals surface area contributed by atoms with E-state index >= 15 is 0 Å². The molecule has 1 heterocycles. The monoisotopic (exact) mass is 270 g/mol. The summed E-state index contributed by atoms with van der Waals surface area (Å²) in [5.74, 6) is -0.357. The van der Waals surface area contributed by atoms with Gasteiger partial charge >= 0.3 is 0 Å². The summed E-state index contributed by atoms with van der Waals surface area (Å²) in [5, 5.41) is 1.07. The van der Waals surface area contributed by atoms with Crippen LogP contribution in [0.15, 0.2) is 48.5 Å². The fourth-order valence-corrected chi connectivity index (χ4v) is 3.13. The zero-order chi connectivity index (χ0) is 13.4. The number of carbonyl (C=O) groups is 1. The van der Waals surface area contributed by atoms with Crippen molar-refractivity contribution in [2.75, 3.05) is 0 Å². The van der Waals surface area contributed by atoms with Gasteiger partial charge in [-0.25, -0.2) is 4.39 Å². The molecule has 1 nitrogen and oxygen atoms in total. The second-order valence-electron chi connectivity index (χ2n) is 4.44. The molecule has 0 saturated carbocycles. The van der Waals surface area contributed by atoms with Crippen molar-refractivity contribution in [1.82, 2.24) is 0 Å². The molecule has 0 bridgehead atoms. The Labute approximate surface area is 114 Å². The molecule has 1 aromatic heterocycles. The van der Waals surface area contributed by atoms with Gasteiger partial charge in [0.25, 0.3) is 0 Å². The third-order valence-electron chi connectivity index (χ3n) is 3.08. The first-order valence-electron chi connectivity index (χ1n) is 5.94. The summed E-state index contributed by atoms with van der Waals surface area (Å²) in [6.45, 7) is 1.75. The molecule has 3 heteroatoms. The number of hydrogen-bond donors (Lipinski definition) is 0. The zero-order valence-electron chi connectivity index (χ0n) is 10.3. The molecule has 0 aliphatic rings. The van der Waals surface area contributed by atoms with Crippen LogP contribution in [0.1, 0.15) is 20.8 Å². The molecule has 2 aromatic carbocycles. The SMILES string of the molecule is Cc1cc(F)ccc1C(=O)c1cc2ccccc2s1. The average molecular weight is 270 g/mol. The molecule has 3 aromatic rings. The Morgan fingerprint density at radius 2 is 1.89 bits per heavy atom. The van der Waals surface area contributed by atoms with E-state index < -0.39 is 0 Å². The van der Waals surface area contributed by atoms with Gasteiger partial charge in [-0.05, 0) is 48.2 Å². The van der Waals surface area contributed by atoms with Crippen molar-refractivity contribution in [2.24, 2.45) is 0 Å². The highest BCUT2D eigenvalue weighted by Gasteiger charge is 2.14. The van der Waals surface area contributed by atoms with Gasteiger partial charge in [-0.1, -0.05) is 18.2 Å². The van der Waals surface area contributed by atoms with E-state index in [-0.39, 0.29) is 11.6 Å². The number of hydrogen-bond acceptors (Lipinski definition) is 2. The molecular formula is C16H11FOS. The van der Waals surface area contributed by atoms with Crippen LogP contribution in [0, 0.1) is 12.7 Å². The molecule has 0 spiro atoms. The Balaban J connectivity index is 2.08. The van der Waals surface area contributed by atoms with Crippen molar-refractivity contribution in [3.05, 3.63) is 70.4 Å². The van der Waals surface area contributed by atoms with Crippen LogP contribution in [0.2, 0.25) is 0 Å². The highest BCUT2D eigenvalue weighted by atomic mass is 32.1. The van der Waals surface area contributed by atoms with Gasteiger partial charge in [-0.3, -0.25) is 4.79 Å². The van der Waals surface area contributed by atoms with Crippen LogP contribution in [0.5, 0.6) is 0 Å². The zero-order valence-corrected chi connectivity index (χ0v) is 11.1. The maximum Gasteiger partial charge on any atom is 0.203 e. The van der Waals surface area contributed by atoms with Crippen LogP contribution in [0.4, 0.5) is 4.39 Å². The summed E-state index contributed by atoms with van der Waals surface area (Å²) in [7, 11) is 0. The number of rotatable bonds is 2. The van der Waals surface area contributed by atoms with Gasteiger partial charge in [-0.2, -0.15) is 0 Å². The summed E-state index contributed by atoms with van der Waals surface area (Å²) >= 11 is 1.47. The molecule has 0 aliphatic heterocycles. The van der Waals surface area contributed by atoms with Gasteiger partial charge in [0, 0.05) is 10.3 Å². The summed E-state index contributed by atoms with van der Waals surface area (Å²) in [5.41, 5.74) is 1.23. The van der Waals surface area contributed by atoms with Crippen LogP contribution in [0.25, 0.3) is 10.1 Å². The van der Waals surface area contributed by atoms with Gasteiger partial charge in [-0.15, -0.1) is 11.3 Å². The maximum absolute atomic E-state index is 13.1. The van der Waals surface area contributed by atoms with Crippen LogP contribution in [-0.2, 0) is 0 Å². The van der Waals surface area contributed by atoms with Gasteiger partial charge < -0.3 is 0 Å². The molecular weight excluding hydrogens is 259 g/mol. The molecule has 3 rings (SSSR count). The second kappa shape index (κ2) is 4.59. The van der Waals surface area contributed by atoms with Gasteiger partial charge in [0.1, 0.15) is 5.82 Å². The Hall–Kier alpha value is -2.00. The van der Waals surface area contributed by atoms with Gasteiger partial charge in [0.05, 0.1) is 4.88 Å².